The van der Waals surface area contributed by atoms with Gasteiger partial charge < -0.3 is 10.2 Å². The predicted octanol–water partition coefficient (Wildman–Crippen LogP) is 7.05. The Morgan fingerprint density at radius 1 is 0.822 bits per heavy atom. The molecular formula is C35H37Cl2N3O4S. The molecular weight excluding hydrogens is 629 g/mol. The molecule has 0 unspecified atom stereocenters. The number of halogens is 2. The molecule has 0 heterocycles. The van der Waals surface area contributed by atoms with Crippen LogP contribution in [-0.4, -0.2) is 44.3 Å². The number of nitrogens with one attached hydrogen (secondary N) is 1. The number of carbonyl (C=O) groups excluding carboxylic acids is 2. The summed E-state index contributed by atoms with van der Waals surface area (Å²) >= 11 is 12.7. The van der Waals surface area contributed by atoms with Gasteiger partial charge in [-0.05, 0) is 60.9 Å². The van der Waals surface area contributed by atoms with E-state index >= 15 is 0 Å². The molecule has 0 bridgehead atoms. The van der Waals surface area contributed by atoms with Gasteiger partial charge in [0, 0.05) is 24.5 Å². The maximum Gasteiger partial charge on any atom is 0.264 e. The Labute approximate surface area is 275 Å². The number of para-hydroxylation sites is 1. The van der Waals surface area contributed by atoms with E-state index in [0.717, 1.165) is 33.8 Å². The highest BCUT2D eigenvalue weighted by Gasteiger charge is 2.35. The van der Waals surface area contributed by atoms with Gasteiger partial charge in [0.2, 0.25) is 11.8 Å². The van der Waals surface area contributed by atoms with E-state index in [2.05, 4.69) is 5.32 Å². The lowest BCUT2D eigenvalue weighted by Gasteiger charge is -2.34. The maximum atomic E-state index is 14.5. The minimum absolute atomic E-state index is 0.0169. The minimum Gasteiger partial charge on any atom is -0.354 e. The van der Waals surface area contributed by atoms with E-state index in [9.17, 15) is 18.0 Å². The second-order valence-corrected chi connectivity index (χ2v) is 13.5. The lowest BCUT2D eigenvalue weighted by Crippen LogP contribution is -2.53. The van der Waals surface area contributed by atoms with E-state index in [-0.39, 0.29) is 34.5 Å². The molecule has 0 aliphatic carbocycles. The molecule has 0 spiro atoms. The van der Waals surface area contributed by atoms with Crippen LogP contribution in [0.25, 0.3) is 0 Å². The van der Waals surface area contributed by atoms with Crippen molar-refractivity contribution < 1.29 is 18.0 Å². The van der Waals surface area contributed by atoms with E-state index in [1.54, 1.807) is 60.7 Å². The maximum absolute atomic E-state index is 14.5. The van der Waals surface area contributed by atoms with Crippen molar-refractivity contribution in [1.29, 1.82) is 0 Å². The van der Waals surface area contributed by atoms with Gasteiger partial charge in [0.15, 0.2) is 0 Å². The highest BCUT2D eigenvalue weighted by atomic mass is 35.5. The van der Waals surface area contributed by atoms with Gasteiger partial charge in [0.05, 0.1) is 15.6 Å². The first-order valence-electron chi connectivity index (χ1n) is 14.8. The topological polar surface area (TPSA) is 86.8 Å². The van der Waals surface area contributed by atoms with Crippen LogP contribution in [0.5, 0.6) is 0 Å². The van der Waals surface area contributed by atoms with Gasteiger partial charge in [-0.3, -0.25) is 13.9 Å². The smallest absolute Gasteiger partial charge is 0.264 e. The number of benzene rings is 4. The summed E-state index contributed by atoms with van der Waals surface area (Å²) in [6.07, 6.45) is 1.90. The molecule has 0 aliphatic heterocycles. The summed E-state index contributed by atoms with van der Waals surface area (Å²) in [6, 6.07) is 28.4. The molecule has 10 heteroatoms. The largest absolute Gasteiger partial charge is 0.354 e. The Kier molecular flexibility index (Phi) is 12.0. The summed E-state index contributed by atoms with van der Waals surface area (Å²) in [6.45, 7) is 3.81. The molecule has 7 nitrogen and oxygen atoms in total. The number of rotatable bonds is 14. The number of unbranched alkanes of at least 4 members (excludes halogenated alkanes) is 1. The summed E-state index contributed by atoms with van der Waals surface area (Å²) in [5.74, 6) is -0.882. The normalized spacial score (nSPS) is 11.9. The van der Waals surface area contributed by atoms with E-state index in [1.807, 2.05) is 44.2 Å². The molecule has 45 heavy (non-hydrogen) atoms. The fraction of sp³-hybridized carbons (Fsp3) is 0.257. The number of hydrogen-bond donors (Lipinski definition) is 1. The van der Waals surface area contributed by atoms with Crippen molar-refractivity contribution in [2.45, 2.75) is 50.6 Å². The molecule has 4 aromatic carbocycles. The van der Waals surface area contributed by atoms with Crippen molar-refractivity contribution in [3.05, 3.63) is 130 Å². The first-order chi connectivity index (χ1) is 21.6. The van der Waals surface area contributed by atoms with E-state index < -0.39 is 28.5 Å². The molecule has 4 aromatic rings. The van der Waals surface area contributed by atoms with Gasteiger partial charge in [0.25, 0.3) is 10.0 Å². The van der Waals surface area contributed by atoms with Crippen molar-refractivity contribution in [3.63, 3.8) is 0 Å². The molecule has 0 aliphatic rings. The summed E-state index contributed by atoms with van der Waals surface area (Å²) in [5, 5.41) is 3.68. The molecule has 0 aromatic heterocycles. The molecule has 0 saturated carbocycles. The Morgan fingerprint density at radius 3 is 2.11 bits per heavy atom. The molecule has 2 amide bonds. The quantitative estimate of drug-likeness (QED) is 0.146. The standard InChI is InChI=1S/C35H37Cl2N3O4S/c1-3-4-22-38-35(42)33(23-27-10-6-5-7-11-27)39(24-28-16-18-29(36)19-17-28)34(41)25-40(32-13-9-8-12-31(32)37)45(43,44)30-20-14-26(2)15-21-30/h5-21,33H,3-4,22-25H2,1-2H3,(H,38,42)/t33-/m0/s1. The van der Waals surface area contributed by atoms with Crippen molar-refractivity contribution >= 4 is 50.7 Å². The van der Waals surface area contributed by atoms with Crippen molar-refractivity contribution in [3.8, 4) is 0 Å². The van der Waals surface area contributed by atoms with Gasteiger partial charge in [-0.15, -0.1) is 0 Å². The first kappa shape index (κ1) is 34.0. The molecule has 0 radical (unpaired) electrons. The predicted molar refractivity (Wildman–Crippen MR) is 181 cm³/mol. The van der Waals surface area contributed by atoms with Crippen molar-refractivity contribution in [2.24, 2.45) is 0 Å². The van der Waals surface area contributed by atoms with E-state index in [4.69, 9.17) is 23.2 Å². The zero-order valence-corrected chi connectivity index (χ0v) is 27.7. The Hall–Kier alpha value is -3.85. The van der Waals surface area contributed by atoms with Crippen LogP contribution in [0.3, 0.4) is 0 Å². The number of amides is 2. The average molecular weight is 667 g/mol. The summed E-state index contributed by atoms with van der Waals surface area (Å²) in [4.78, 5) is 29.7. The number of carbonyl (C=O) groups is 2. The van der Waals surface area contributed by atoms with Gasteiger partial charge in [0.1, 0.15) is 12.6 Å². The van der Waals surface area contributed by atoms with Crippen molar-refractivity contribution in [1.82, 2.24) is 10.2 Å². The zero-order chi connectivity index (χ0) is 32.4. The Morgan fingerprint density at radius 2 is 1.47 bits per heavy atom. The molecule has 4 rings (SSSR count). The minimum atomic E-state index is -4.24. The average Bonchev–Trinajstić information content (AvgIpc) is 3.03. The van der Waals surface area contributed by atoms with Crippen LogP contribution in [0.4, 0.5) is 5.69 Å². The van der Waals surface area contributed by atoms with Crippen LogP contribution in [-0.2, 0) is 32.6 Å². The Bertz CT molecular complexity index is 1680. The highest BCUT2D eigenvalue weighted by molar-refractivity contribution is 7.92. The SMILES string of the molecule is CCCCNC(=O)[C@H](Cc1ccccc1)N(Cc1ccc(Cl)cc1)C(=O)CN(c1ccccc1Cl)S(=O)(=O)c1ccc(C)cc1. The summed E-state index contributed by atoms with van der Waals surface area (Å²) < 4.78 is 29.3. The zero-order valence-electron chi connectivity index (χ0n) is 25.3. The highest BCUT2D eigenvalue weighted by Crippen LogP contribution is 2.31. The van der Waals surface area contributed by atoms with Crippen LogP contribution >= 0.6 is 23.2 Å². The Balaban J connectivity index is 1.79. The molecule has 1 N–H and O–H groups in total. The van der Waals surface area contributed by atoms with Crippen LogP contribution in [0.1, 0.15) is 36.5 Å². The number of anilines is 1. The van der Waals surface area contributed by atoms with Gasteiger partial charge in [-0.25, -0.2) is 8.42 Å². The molecule has 0 fully saturated rings. The first-order valence-corrected chi connectivity index (χ1v) is 17.0. The van der Waals surface area contributed by atoms with Crippen LogP contribution in [0.2, 0.25) is 10.0 Å². The second kappa shape index (κ2) is 15.9. The van der Waals surface area contributed by atoms with Crippen LogP contribution in [0.15, 0.2) is 108 Å². The lowest BCUT2D eigenvalue weighted by molar-refractivity contribution is -0.140. The fourth-order valence-corrected chi connectivity index (χ4v) is 6.70. The summed E-state index contributed by atoms with van der Waals surface area (Å²) in [5.41, 5.74) is 2.64. The molecule has 236 valence electrons. The van der Waals surface area contributed by atoms with Gasteiger partial charge in [-0.2, -0.15) is 0 Å². The fourth-order valence-electron chi connectivity index (χ4n) is 4.85. The summed E-state index contributed by atoms with van der Waals surface area (Å²) in [7, 11) is -4.24. The third-order valence-corrected chi connectivity index (χ3v) is 9.72. The number of hydrogen-bond acceptors (Lipinski definition) is 4. The molecule has 0 saturated heterocycles. The monoisotopic (exact) mass is 665 g/mol. The number of sulfonamides is 1. The third kappa shape index (κ3) is 9.10. The second-order valence-electron chi connectivity index (χ2n) is 10.8. The van der Waals surface area contributed by atoms with Crippen molar-refractivity contribution in [2.75, 3.05) is 17.4 Å². The van der Waals surface area contributed by atoms with Gasteiger partial charge >= 0.3 is 0 Å². The van der Waals surface area contributed by atoms with Crippen LogP contribution in [0, 0.1) is 6.92 Å². The van der Waals surface area contributed by atoms with Crippen LogP contribution < -0.4 is 9.62 Å². The van der Waals surface area contributed by atoms with E-state index in [0.29, 0.717) is 11.6 Å². The third-order valence-electron chi connectivity index (χ3n) is 7.38. The molecule has 1 atom stereocenters. The number of aryl methyl sites for hydroxylation is 1. The number of nitrogens with zero attached hydrogens (tertiary/aromatic N) is 2. The van der Waals surface area contributed by atoms with Gasteiger partial charge in [-0.1, -0.05) is 109 Å². The van der Waals surface area contributed by atoms with E-state index in [1.165, 1.54) is 17.0 Å². The lowest BCUT2D eigenvalue weighted by atomic mass is 10.0.